The number of alkyl halides is 1. The number of anilines is 1. The molecule has 0 aromatic carbocycles. The van der Waals surface area contributed by atoms with Crippen molar-refractivity contribution in [3.05, 3.63) is 36.8 Å². The van der Waals surface area contributed by atoms with Gasteiger partial charge in [-0.2, -0.15) is 9.49 Å². The Bertz CT molecular complexity index is 747. The van der Waals surface area contributed by atoms with Crippen molar-refractivity contribution in [2.24, 2.45) is 13.0 Å². The van der Waals surface area contributed by atoms with Crippen molar-refractivity contribution in [3.63, 3.8) is 0 Å². The molecule has 0 spiro atoms. The number of aromatic nitrogens is 3. The lowest BCUT2D eigenvalue weighted by Crippen LogP contribution is -2.48. The van der Waals surface area contributed by atoms with E-state index in [-0.39, 0.29) is 11.9 Å². The molecule has 1 aliphatic rings. The largest absolute Gasteiger partial charge is 0.608 e. The van der Waals surface area contributed by atoms with Crippen LogP contribution in [0.3, 0.4) is 0 Å². The summed E-state index contributed by atoms with van der Waals surface area (Å²) in [6.07, 6.45) is 5.62. The second-order valence-corrected chi connectivity index (χ2v) is 8.23. The van der Waals surface area contributed by atoms with E-state index in [0.29, 0.717) is 36.6 Å². The van der Waals surface area contributed by atoms with Crippen LogP contribution >= 0.6 is 0 Å². The van der Waals surface area contributed by atoms with Gasteiger partial charge in [-0.3, -0.25) is 4.98 Å². The van der Waals surface area contributed by atoms with Crippen molar-refractivity contribution < 1.29 is 13.7 Å². The Kier molecular flexibility index (Phi) is 5.47. The number of carbonyl (C=O) groups is 1. The number of pyridine rings is 1. The number of halogens is 1. The van der Waals surface area contributed by atoms with Crippen LogP contribution in [0, 0.1) is 5.92 Å². The van der Waals surface area contributed by atoms with Crippen molar-refractivity contribution in [3.8, 4) is 0 Å². The molecular formula is C17H22FN5O2S. The molecule has 1 N–H and O–H groups in total. The highest BCUT2D eigenvalue weighted by molar-refractivity contribution is 7.92. The third kappa shape index (κ3) is 3.83. The third-order valence-corrected chi connectivity index (χ3v) is 6.59. The van der Waals surface area contributed by atoms with Crippen molar-refractivity contribution in [2.45, 2.75) is 29.8 Å². The Morgan fingerprint density at radius 2 is 2.12 bits per heavy atom. The summed E-state index contributed by atoms with van der Waals surface area (Å²) < 4.78 is 29.4. The van der Waals surface area contributed by atoms with E-state index in [2.05, 4.69) is 15.4 Å². The van der Waals surface area contributed by atoms with Crippen molar-refractivity contribution in [1.82, 2.24) is 19.7 Å². The van der Waals surface area contributed by atoms with Crippen LogP contribution in [-0.2, 0) is 18.2 Å². The number of nitrogens with zero attached hydrogens (tertiary/aromatic N) is 4. The lowest BCUT2D eigenvalue weighted by atomic mass is 9.92. The van der Waals surface area contributed by atoms with Gasteiger partial charge in [-0.15, -0.1) is 0 Å². The zero-order chi connectivity index (χ0) is 18.7. The fourth-order valence-corrected chi connectivity index (χ4v) is 4.56. The Morgan fingerprint density at radius 1 is 1.38 bits per heavy atom. The van der Waals surface area contributed by atoms with E-state index >= 15 is 4.39 Å². The quantitative estimate of drug-likeness (QED) is 0.827. The van der Waals surface area contributed by atoms with Gasteiger partial charge in [0.1, 0.15) is 0 Å². The van der Waals surface area contributed by atoms with Gasteiger partial charge in [0.15, 0.2) is 0 Å². The highest BCUT2D eigenvalue weighted by Crippen LogP contribution is 2.39. The van der Waals surface area contributed by atoms with Gasteiger partial charge in [0.05, 0.1) is 18.1 Å². The first kappa shape index (κ1) is 18.7. The fraction of sp³-hybridized carbons (Fsp3) is 0.471. The summed E-state index contributed by atoms with van der Waals surface area (Å²) in [6, 6.07) is 4.84. The minimum absolute atomic E-state index is 0.232. The lowest BCUT2D eigenvalue weighted by molar-refractivity contribution is 0.117. The summed E-state index contributed by atoms with van der Waals surface area (Å²) in [6.45, 7) is 2.21. The van der Waals surface area contributed by atoms with Crippen LogP contribution in [0.1, 0.15) is 19.8 Å². The minimum Gasteiger partial charge on any atom is -0.608 e. The lowest BCUT2D eigenvalue weighted by Gasteiger charge is -2.37. The number of amides is 2. The Balaban J connectivity index is 1.59. The molecular weight excluding hydrogens is 357 g/mol. The van der Waals surface area contributed by atoms with Crippen LogP contribution in [-0.4, -0.2) is 48.3 Å². The third-order valence-electron chi connectivity index (χ3n) is 4.75. The molecule has 7 nitrogen and oxygen atoms in total. The van der Waals surface area contributed by atoms with Gasteiger partial charge in [-0.1, -0.05) is 0 Å². The molecule has 2 aromatic rings. The number of carbonyl (C=O) groups excluding carboxylic acids is 1. The first-order valence-electron chi connectivity index (χ1n) is 8.44. The predicted molar refractivity (Wildman–Crippen MR) is 96.7 cm³/mol. The number of hydrogen-bond donors (Lipinski definition) is 1. The van der Waals surface area contributed by atoms with Crippen molar-refractivity contribution in [1.29, 1.82) is 0 Å². The maximum Gasteiger partial charge on any atom is 0.321 e. The maximum atomic E-state index is 15.3. The number of likely N-dealkylation sites (tertiary alicyclic amines) is 1. The predicted octanol–water partition coefficient (Wildman–Crippen LogP) is 2.55. The van der Waals surface area contributed by atoms with E-state index in [0.717, 1.165) is 0 Å². The van der Waals surface area contributed by atoms with E-state index < -0.39 is 16.2 Å². The van der Waals surface area contributed by atoms with Crippen LogP contribution in [0.4, 0.5) is 14.9 Å². The zero-order valence-electron chi connectivity index (χ0n) is 14.8. The molecule has 0 aliphatic carbocycles. The number of nitrogens with one attached hydrogen (secondary N) is 1. The molecule has 0 radical (unpaired) electrons. The Labute approximate surface area is 154 Å². The topological polar surface area (TPSA) is 86.1 Å². The normalized spacial score (nSPS) is 19.0. The van der Waals surface area contributed by atoms with Gasteiger partial charge in [0.2, 0.25) is 5.03 Å². The molecule has 2 unspecified atom stereocenters. The van der Waals surface area contributed by atoms with Crippen LogP contribution in [0.2, 0.25) is 0 Å². The monoisotopic (exact) mass is 379 g/mol. The second-order valence-electron chi connectivity index (χ2n) is 6.48. The number of aryl methyl sites for hydroxylation is 1. The summed E-state index contributed by atoms with van der Waals surface area (Å²) in [5.74, 6) is -0.388. The molecule has 1 aliphatic heterocycles. The molecule has 2 amide bonds. The average molecular weight is 379 g/mol. The summed E-state index contributed by atoms with van der Waals surface area (Å²) in [5.41, 5.74) is 0.618. The Hall–Kier alpha value is -2.13. The van der Waals surface area contributed by atoms with Gasteiger partial charge in [0, 0.05) is 56.4 Å². The first-order chi connectivity index (χ1) is 12.4. The van der Waals surface area contributed by atoms with E-state index in [9.17, 15) is 9.35 Å². The van der Waals surface area contributed by atoms with Gasteiger partial charge in [-0.05, 0) is 25.0 Å². The van der Waals surface area contributed by atoms with Crippen LogP contribution in [0.25, 0.3) is 0 Å². The first-order valence-corrected chi connectivity index (χ1v) is 9.59. The van der Waals surface area contributed by atoms with E-state index in [4.69, 9.17) is 0 Å². The molecule has 2 atom stereocenters. The van der Waals surface area contributed by atoms with Crippen molar-refractivity contribution >= 4 is 22.9 Å². The number of hydrogen-bond acceptors (Lipinski definition) is 4. The molecule has 26 heavy (non-hydrogen) atoms. The summed E-state index contributed by atoms with van der Waals surface area (Å²) in [7, 11) is 1.65. The molecule has 2 aromatic heterocycles. The molecule has 0 saturated carbocycles. The maximum absolute atomic E-state index is 15.3. The van der Waals surface area contributed by atoms with E-state index in [1.807, 2.05) is 0 Å². The average Bonchev–Trinajstić information content (AvgIpc) is 3.07. The van der Waals surface area contributed by atoms with Gasteiger partial charge >= 0.3 is 6.03 Å². The highest BCUT2D eigenvalue weighted by Gasteiger charge is 2.49. The number of piperidine rings is 1. The second kappa shape index (κ2) is 7.63. The van der Waals surface area contributed by atoms with E-state index in [1.54, 1.807) is 42.5 Å². The summed E-state index contributed by atoms with van der Waals surface area (Å²) in [4.78, 5) is 17.9. The van der Waals surface area contributed by atoms with E-state index in [1.165, 1.54) is 17.8 Å². The SMILES string of the molecule is Cn1nccc1[S+]([O-])C(C)(F)C1CCN(C(=O)Nc2cccnc2)CC1. The standard InChI is InChI=1S/C17H22FN5O2S/c1-17(18,26(25)15-5-9-20-22(15)2)13-6-10-23(11-7-13)16(24)21-14-4-3-8-19-12-14/h3-5,8-9,12-13H,6-7,10-11H2,1-2H3,(H,21,24). The molecule has 3 rings (SSSR count). The molecule has 1 fully saturated rings. The van der Waals surface area contributed by atoms with Crippen LogP contribution < -0.4 is 5.32 Å². The molecule has 140 valence electrons. The van der Waals surface area contributed by atoms with Crippen LogP contribution in [0.15, 0.2) is 41.8 Å². The fourth-order valence-electron chi connectivity index (χ4n) is 3.14. The molecule has 3 heterocycles. The highest BCUT2D eigenvalue weighted by atomic mass is 32.2. The van der Waals surface area contributed by atoms with Gasteiger partial charge in [0.25, 0.3) is 5.00 Å². The van der Waals surface area contributed by atoms with Crippen molar-refractivity contribution in [2.75, 3.05) is 18.4 Å². The van der Waals surface area contributed by atoms with Crippen LogP contribution in [0.5, 0.6) is 0 Å². The smallest absolute Gasteiger partial charge is 0.321 e. The Morgan fingerprint density at radius 3 is 2.69 bits per heavy atom. The summed E-state index contributed by atoms with van der Waals surface area (Å²) >= 11 is -1.82. The summed E-state index contributed by atoms with van der Waals surface area (Å²) in [5, 5.41) is 5.23. The minimum atomic E-state index is -1.88. The number of urea groups is 1. The number of rotatable bonds is 4. The van der Waals surface area contributed by atoms with Gasteiger partial charge in [-0.25, -0.2) is 9.48 Å². The molecule has 0 bridgehead atoms. The molecule has 1 saturated heterocycles. The van der Waals surface area contributed by atoms with Gasteiger partial charge < -0.3 is 14.8 Å². The molecule has 9 heteroatoms. The zero-order valence-corrected chi connectivity index (χ0v) is 15.6.